The standard InChI is InChI=1S/C25H22ClN5O3/c1-30-24(27-28-29-30)16-33-22-4-2-3-17(15-22)23-13-14-25(32)31(23)19-7-11-21(12-8-19)34-20-9-5-18(26)6-10-20/h2-12,15,23H,13-14,16H2,1H3. The number of carbonyl (C=O) groups is 1. The number of hydrogen-bond acceptors (Lipinski definition) is 6. The monoisotopic (exact) mass is 475 g/mol. The van der Waals surface area contributed by atoms with Gasteiger partial charge in [-0.25, -0.2) is 4.68 Å². The molecule has 1 aliphatic heterocycles. The van der Waals surface area contributed by atoms with E-state index in [1.807, 2.05) is 65.6 Å². The Bertz CT molecular complexity index is 1290. The lowest BCUT2D eigenvalue weighted by atomic mass is 10.0. The number of aryl methyl sites for hydroxylation is 1. The molecule has 1 aromatic heterocycles. The lowest BCUT2D eigenvalue weighted by Gasteiger charge is -2.26. The first-order valence-corrected chi connectivity index (χ1v) is 11.2. The van der Waals surface area contributed by atoms with Gasteiger partial charge in [0.1, 0.15) is 23.9 Å². The van der Waals surface area contributed by atoms with Crippen LogP contribution in [-0.2, 0) is 18.4 Å². The van der Waals surface area contributed by atoms with Crippen molar-refractivity contribution in [1.29, 1.82) is 0 Å². The van der Waals surface area contributed by atoms with Crippen LogP contribution in [0.5, 0.6) is 17.2 Å². The number of benzene rings is 3. The number of halogens is 1. The normalized spacial score (nSPS) is 15.5. The van der Waals surface area contributed by atoms with E-state index in [0.717, 1.165) is 17.7 Å². The highest BCUT2D eigenvalue weighted by Gasteiger charge is 2.33. The van der Waals surface area contributed by atoms with Gasteiger partial charge in [0, 0.05) is 24.2 Å². The second-order valence-electron chi connectivity index (χ2n) is 7.95. The van der Waals surface area contributed by atoms with Gasteiger partial charge in [-0.1, -0.05) is 23.7 Å². The van der Waals surface area contributed by atoms with Crippen LogP contribution < -0.4 is 14.4 Å². The zero-order valence-electron chi connectivity index (χ0n) is 18.5. The average Bonchev–Trinajstić information content (AvgIpc) is 3.45. The van der Waals surface area contributed by atoms with Crippen LogP contribution in [0.2, 0.25) is 5.02 Å². The van der Waals surface area contributed by atoms with E-state index in [2.05, 4.69) is 15.5 Å². The fourth-order valence-electron chi connectivity index (χ4n) is 3.97. The minimum absolute atomic E-state index is 0.0735. The number of aromatic nitrogens is 4. The van der Waals surface area contributed by atoms with Crippen LogP contribution in [0.15, 0.2) is 72.8 Å². The Morgan fingerprint density at radius 3 is 2.44 bits per heavy atom. The van der Waals surface area contributed by atoms with Gasteiger partial charge in [-0.15, -0.1) is 5.10 Å². The molecule has 1 aliphatic rings. The molecule has 8 nitrogen and oxygen atoms in total. The molecule has 9 heteroatoms. The number of tetrazole rings is 1. The maximum atomic E-state index is 12.8. The van der Waals surface area contributed by atoms with Crippen molar-refractivity contribution in [3.05, 3.63) is 89.2 Å². The minimum atomic E-state index is -0.0735. The molecule has 0 spiro atoms. The molecule has 0 saturated carbocycles. The molecule has 172 valence electrons. The molecular formula is C25H22ClN5O3. The largest absolute Gasteiger partial charge is 0.486 e. The van der Waals surface area contributed by atoms with Crippen molar-refractivity contribution in [2.45, 2.75) is 25.5 Å². The van der Waals surface area contributed by atoms with Crippen LogP contribution in [-0.4, -0.2) is 26.1 Å². The number of amides is 1. The van der Waals surface area contributed by atoms with Gasteiger partial charge in [0.05, 0.1) is 6.04 Å². The van der Waals surface area contributed by atoms with E-state index in [0.29, 0.717) is 34.5 Å². The SMILES string of the molecule is Cn1nnnc1COc1cccc(C2CCC(=O)N2c2ccc(Oc3ccc(Cl)cc3)cc2)c1. The molecule has 0 aliphatic carbocycles. The van der Waals surface area contributed by atoms with Crippen LogP contribution in [0.1, 0.15) is 30.3 Å². The van der Waals surface area contributed by atoms with Crippen molar-refractivity contribution in [2.75, 3.05) is 4.90 Å². The summed E-state index contributed by atoms with van der Waals surface area (Å²) in [6, 6.07) is 22.5. The highest BCUT2D eigenvalue weighted by molar-refractivity contribution is 6.30. The van der Waals surface area contributed by atoms with Crippen LogP contribution in [0, 0.1) is 0 Å². The fourth-order valence-corrected chi connectivity index (χ4v) is 4.09. The highest BCUT2D eigenvalue weighted by Crippen LogP contribution is 2.38. The third-order valence-corrected chi connectivity index (χ3v) is 5.95. The molecule has 1 saturated heterocycles. The Kier molecular flexibility index (Phi) is 6.14. The molecule has 4 aromatic rings. The molecule has 34 heavy (non-hydrogen) atoms. The van der Waals surface area contributed by atoms with E-state index in [1.165, 1.54) is 0 Å². The first kappa shape index (κ1) is 21.9. The summed E-state index contributed by atoms with van der Waals surface area (Å²) >= 11 is 5.93. The quantitative estimate of drug-likeness (QED) is 0.369. The van der Waals surface area contributed by atoms with Crippen LogP contribution >= 0.6 is 11.6 Å². The van der Waals surface area contributed by atoms with Gasteiger partial charge in [0.25, 0.3) is 0 Å². The van der Waals surface area contributed by atoms with Gasteiger partial charge in [0.15, 0.2) is 5.82 Å². The van der Waals surface area contributed by atoms with Gasteiger partial charge in [-0.05, 0) is 83.1 Å². The van der Waals surface area contributed by atoms with E-state index >= 15 is 0 Å². The molecule has 3 aromatic carbocycles. The molecular weight excluding hydrogens is 454 g/mol. The minimum Gasteiger partial charge on any atom is -0.486 e. The van der Waals surface area contributed by atoms with Crippen LogP contribution in [0.4, 0.5) is 5.69 Å². The van der Waals surface area contributed by atoms with Crippen LogP contribution in [0.25, 0.3) is 0 Å². The van der Waals surface area contributed by atoms with Crippen molar-refractivity contribution >= 4 is 23.2 Å². The molecule has 0 radical (unpaired) electrons. The molecule has 1 fully saturated rings. The third kappa shape index (κ3) is 4.72. The topological polar surface area (TPSA) is 82.4 Å². The first-order valence-electron chi connectivity index (χ1n) is 10.9. The van der Waals surface area contributed by atoms with Gasteiger partial charge < -0.3 is 14.4 Å². The summed E-state index contributed by atoms with van der Waals surface area (Å²) in [5, 5.41) is 12.0. The predicted molar refractivity (Wildman–Crippen MR) is 127 cm³/mol. The highest BCUT2D eigenvalue weighted by atomic mass is 35.5. The lowest BCUT2D eigenvalue weighted by molar-refractivity contribution is -0.117. The summed E-state index contributed by atoms with van der Waals surface area (Å²) in [6.45, 7) is 0.259. The summed E-state index contributed by atoms with van der Waals surface area (Å²) in [4.78, 5) is 14.6. The van der Waals surface area contributed by atoms with Gasteiger partial charge in [0.2, 0.25) is 5.91 Å². The van der Waals surface area contributed by atoms with Gasteiger partial charge >= 0.3 is 0 Å². The van der Waals surface area contributed by atoms with E-state index < -0.39 is 0 Å². The number of anilines is 1. The maximum absolute atomic E-state index is 12.8. The molecule has 1 atom stereocenters. The Morgan fingerprint density at radius 2 is 1.74 bits per heavy atom. The van der Waals surface area contributed by atoms with Gasteiger partial charge in [-0.2, -0.15) is 0 Å². The van der Waals surface area contributed by atoms with E-state index in [9.17, 15) is 4.79 Å². The summed E-state index contributed by atoms with van der Waals surface area (Å²) in [7, 11) is 1.77. The summed E-state index contributed by atoms with van der Waals surface area (Å²) in [5.74, 6) is 2.80. The average molecular weight is 476 g/mol. The number of ether oxygens (including phenoxy) is 2. The summed E-state index contributed by atoms with van der Waals surface area (Å²) < 4.78 is 13.3. The van der Waals surface area contributed by atoms with Crippen molar-refractivity contribution in [2.24, 2.45) is 7.05 Å². The Labute approximate surface area is 201 Å². The van der Waals surface area contributed by atoms with Gasteiger partial charge in [-0.3, -0.25) is 4.79 Å². The Hall–Kier alpha value is -3.91. The van der Waals surface area contributed by atoms with Crippen molar-refractivity contribution in [1.82, 2.24) is 20.2 Å². The predicted octanol–water partition coefficient (Wildman–Crippen LogP) is 5.10. The number of hydrogen-bond donors (Lipinski definition) is 0. The maximum Gasteiger partial charge on any atom is 0.227 e. The first-order chi connectivity index (χ1) is 16.6. The third-order valence-electron chi connectivity index (χ3n) is 5.69. The number of nitrogens with zero attached hydrogens (tertiary/aromatic N) is 5. The second kappa shape index (κ2) is 9.52. The molecule has 0 bridgehead atoms. The molecule has 2 heterocycles. The number of carbonyl (C=O) groups excluding carboxylic acids is 1. The Morgan fingerprint density at radius 1 is 1.00 bits per heavy atom. The molecule has 0 N–H and O–H groups in total. The lowest BCUT2D eigenvalue weighted by Crippen LogP contribution is -2.27. The smallest absolute Gasteiger partial charge is 0.227 e. The van der Waals surface area contributed by atoms with Crippen LogP contribution in [0.3, 0.4) is 0 Å². The molecule has 5 rings (SSSR count). The fraction of sp³-hybridized carbons (Fsp3) is 0.200. The van der Waals surface area contributed by atoms with Crippen molar-refractivity contribution in [3.8, 4) is 17.2 Å². The summed E-state index contributed by atoms with van der Waals surface area (Å²) in [5.41, 5.74) is 1.84. The summed E-state index contributed by atoms with van der Waals surface area (Å²) in [6.07, 6.45) is 1.22. The van der Waals surface area contributed by atoms with E-state index in [-0.39, 0.29) is 18.6 Å². The van der Waals surface area contributed by atoms with Crippen molar-refractivity contribution in [3.63, 3.8) is 0 Å². The van der Waals surface area contributed by atoms with E-state index in [1.54, 1.807) is 23.9 Å². The Balaban J connectivity index is 1.31. The van der Waals surface area contributed by atoms with E-state index in [4.69, 9.17) is 21.1 Å². The zero-order chi connectivity index (χ0) is 23.5. The molecule has 1 unspecified atom stereocenters. The van der Waals surface area contributed by atoms with Crippen molar-refractivity contribution < 1.29 is 14.3 Å². The second-order valence-corrected chi connectivity index (χ2v) is 8.38. The zero-order valence-corrected chi connectivity index (χ0v) is 19.2. The molecule has 1 amide bonds. The number of rotatable bonds is 7.